The molecule has 5 nitrogen and oxygen atoms in total. The number of ketones is 1. The van der Waals surface area contributed by atoms with Crippen LogP contribution in [-0.4, -0.2) is 21.7 Å². The van der Waals surface area contributed by atoms with Gasteiger partial charge in [-0.15, -0.1) is 0 Å². The van der Waals surface area contributed by atoms with Gasteiger partial charge >= 0.3 is 0 Å². The number of anilines is 1. The molecule has 0 saturated carbocycles. The van der Waals surface area contributed by atoms with Gasteiger partial charge in [0.1, 0.15) is 0 Å². The van der Waals surface area contributed by atoms with E-state index in [4.69, 9.17) is 0 Å². The molecule has 0 aliphatic rings. The van der Waals surface area contributed by atoms with Gasteiger partial charge in [-0.2, -0.15) is 0 Å². The zero-order chi connectivity index (χ0) is 23.2. The average molecular weight is 438 g/mol. The van der Waals surface area contributed by atoms with Crippen molar-refractivity contribution in [2.24, 2.45) is 5.92 Å². The molecule has 5 heteroatoms. The molecule has 0 saturated heterocycles. The number of aromatic nitrogens is 2. The first kappa shape index (κ1) is 22.3. The smallest absolute Gasteiger partial charge is 0.235 e. The lowest BCUT2D eigenvalue weighted by Gasteiger charge is -2.24. The fourth-order valence-corrected chi connectivity index (χ4v) is 3.92. The van der Waals surface area contributed by atoms with E-state index in [1.807, 2.05) is 36.4 Å². The van der Waals surface area contributed by atoms with Crippen molar-refractivity contribution in [3.8, 4) is 0 Å². The first-order valence-electron chi connectivity index (χ1n) is 11.2. The molecule has 0 N–H and O–H groups in total. The number of hydrogen-bond donors (Lipinski definition) is 0. The van der Waals surface area contributed by atoms with Crippen molar-refractivity contribution in [1.29, 1.82) is 0 Å². The maximum absolute atomic E-state index is 13.4. The van der Waals surface area contributed by atoms with E-state index in [1.54, 1.807) is 11.0 Å². The number of carbonyl (C=O) groups is 2. The summed E-state index contributed by atoms with van der Waals surface area (Å²) in [5.74, 6) is -0.100. The Balaban J connectivity index is 1.65. The molecule has 4 aromatic rings. The number of carbonyl (C=O) groups excluding carboxylic acids is 2. The summed E-state index contributed by atoms with van der Waals surface area (Å²) in [4.78, 5) is 35.7. The average Bonchev–Trinajstić information content (AvgIpc) is 2.82. The summed E-state index contributed by atoms with van der Waals surface area (Å²) in [7, 11) is 0. The summed E-state index contributed by atoms with van der Waals surface area (Å²) in [6, 6.07) is 24.0. The van der Waals surface area contributed by atoms with Crippen LogP contribution in [0.3, 0.4) is 0 Å². The predicted octanol–water partition coefficient (Wildman–Crippen LogP) is 5.63. The van der Waals surface area contributed by atoms with Gasteiger partial charge < -0.3 is 4.90 Å². The van der Waals surface area contributed by atoms with E-state index in [9.17, 15) is 9.59 Å². The zero-order valence-corrected chi connectivity index (χ0v) is 18.9. The summed E-state index contributed by atoms with van der Waals surface area (Å²) < 4.78 is 0. The van der Waals surface area contributed by atoms with Gasteiger partial charge in [-0.05, 0) is 58.5 Å². The third-order valence-electron chi connectivity index (χ3n) is 5.45. The standard InChI is InChI=1S/C28H27N3O2/c1-20(2)15-21-7-5-10-25(17-21)31(27(33)18-26(32)28-29-13-6-14-30-28)19-22-11-12-23-8-3-4-9-24(23)16-22/h3-14,16-17,20H,15,18-19H2,1-2H3. The Labute approximate surface area is 194 Å². The minimum absolute atomic E-state index is 0.0602. The van der Waals surface area contributed by atoms with E-state index < -0.39 is 0 Å². The minimum atomic E-state index is -0.387. The van der Waals surface area contributed by atoms with Gasteiger partial charge in [0.25, 0.3) is 0 Å². The topological polar surface area (TPSA) is 63.2 Å². The van der Waals surface area contributed by atoms with Gasteiger partial charge in [0.15, 0.2) is 5.82 Å². The van der Waals surface area contributed by atoms with Gasteiger partial charge in [0, 0.05) is 18.1 Å². The van der Waals surface area contributed by atoms with Crippen LogP contribution in [0.2, 0.25) is 0 Å². The van der Waals surface area contributed by atoms with E-state index >= 15 is 0 Å². The molecule has 3 aromatic carbocycles. The second-order valence-corrected chi connectivity index (χ2v) is 8.60. The van der Waals surface area contributed by atoms with Gasteiger partial charge in [0.05, 0.1) is 13.0 Å². The molecule has 33 heavy (non-hydrogen) atoms. The minimum Gasteiger partial charge on any atom is -0.308 e. The first-order valence-corrected chi connectivity index (χ1v) is 11.2. The molecular formula is C28H27N3O2. The van der Waals surface area contributed by atoms with Crippen LogP contribution in [0.4, 0.5) is 5.69 Å². The van der Waals surface area contributed by atoms with Gasteiger partial charge in [-0.25, -0.2) is 9.97 Å². The Hall–Kier alpha value is -3.86. The van der Waals surface area contributed by atoms with Crippen molar-refractivity contribution in [2.45, 2.75) is 33.2 Å². The summed E-state index contributed by atoms with van der Waals surface area (Å²) in [5, 5.41) is 2.26. The SMILES string of the molecule is CC(C)Cc1cccc(N(Cc2ccc3ccccc3c2)C(=O)CC(=O)c2ncccn2)c1. The third-order valence-corrected chi connectivity index (χ3v) is 5.45. The van der Waals surface area contributed by atoms with Crippen LogP contribution in [0.25, 0.3) is 10.8 Å². The molecule has 0 aliphatic carbocycles. The van der Waals surface area contributed by atoms with E-state index in [1.165, 1.54) is 12.4 Å². The lowest BCUT2D eigenvalue weighted by Crippen LogP contribution is -2.32. The summed E-state index contributed by atoms with van der Waals surface area (Å²) >= 11 is 0. The Kier molecular flexibility index (Phi) is 6.89. The number of rotatable bonds is 8. The number of hydrogen-bond acceptors (Lipinski definition) is 4. The second-order valence-electron chi connectivity index (χ2n) is 8.60. The summed E-state index contributed by atoms with van der Waals surface area (Å²) in [5.41, 5.74) is 2.95. The summed E-state index contributed by atoms with van der Waals surface area (Å²) in [6.45, 7) is 4.71. The lowest BCUT2D eigenvalue weighted by atomic mass is 10.0. The van der Waals surface area contributed by atoms with Crippen molar-refractivity contribution in [3.63, 3.8) is 0 Å². The van der Waals surface area contributed by atoms with Crippen LogP contribution in [-0.2, 0) is 17.8 Å². The van der Waals surface area contributed by atoms with E-state index in [2.05, 4.69) is 54.1 Å². The Morgan fingerprint density at radius 2 is 1.58 bits per heavy atom. The highest BCUT2D eigenvalue weighted by Crippen LogP contribution is 2.24. The van der Waals surface area contributed by atoms with Crippen molar-refractivity contribution in [1.82, 2.24) is 9.97 Å². The molecule has 0 bridgehead atoms. The molecule has 0 spiro atoms. The molecule has 0 fully saturated rings. The first-order chi connectivity index (χ1) is 16.0. The second kappa shape index (κ2) is 10.2. The molecule has 166 valence electrons. The number of Topliss-reactive ketones (excluding diaryl/α,β-unsaturated/α-hetero) is 1. The van der Waals surface area contributed by atoms with Crippen molar-refractivity contribution in [2.75, 3.05) is 4.90 Å². The van der Waals surface area contributed by atoms with Gasteiger partial charge in [0.2, 0.25) is 11.7 Å². The normalized spacial score (nSPS) is 11.0. The van der Waals surface area contributed by atoms with Crippen LogP contribution in [0, 0.1) is 5.92 Å². The Morgan fingerprint density at radius 1 is 0.818 bits per heavy atom. The quantitative estimate of drug-likeness (QED) is 0.265. The number of nitrogens with zero attached hydrogens (tertiary/aromatic N) is 3. The highest BCUT2D eigenvalue weighted by atomic mass is 16.2. The predicted molar refractivity (Wildman–Crippen MR) is 131 cm³/mol. The van der Waals surface area contributed by atoms with Crippen LogP contribution in [0.1, 0.15) is 42.0 Å². The maximum atomic E-state index is 13.4. The number of benzene rings is 3. The molecule has 1 amide bonds. The highest BCUT2D eigenvalue weighted by Gasteiger charge is 2.22. The maximum Gasteiger partial charge on any atom is 0.235 e. The van der Waals surface area contributed by atoms with E-state index in [-0.39, 0.29) is 23.9 Å². The fourth-order valence-electron chi connectivity index (χ4n) is 3.92. The van der Waals surface area contributed by atoms with Gasteiger partial charge in [-0.1, -0.05) is 62.4 Å². The van der Waals surface area contributed by atoms with Crippen molar-refractivity contribution < 1.29 is 9.59 Å². The molecule has 0 aliphatic heterocycles. The molecule has 1 aromatic heterocycles. The van der Waals surface area contributed by atoms with Crippen molar-refractivity contribution >= 4 is 28.2 Å². The van der Waals surface area contributed by atoms with Gasteiger partial charge in [-0.3, -0.25) is 9.59 Å². The van der Waals surface area contributed by atoms with Crippen molar-refractivity contribution in [3.05, 3.63) is 102 Å². The lowest BCUT2D eigenvalue weighted by molar-refractivity contribution is -0.117. The molecule has 1 heterocycles. The molecular weight excluding hydrogens is 410 g/mol. The van der Waals surface area contributed by atoms with E-state index in [0.29, 0.717) is 12.5 Å². The fraction of sp³-hybridized carbons (Fsp3) is 0.214. The van der Waals surface area contributed by atoms with Crippen LogP contribution >= 0.6 is 0 Å². The molecule has 0 atom stereocenters. The number of fused-ring (bicyclic) bond motifs is 1. The highest BCUT2D eigenvalue weighted by molar-refractivity contribution is 6.10. The Morgan fingerprint density at radius 3 is 2.33 bits per heavy atom. The van der Waals surface area contributed by atoms with Crippen LogP contribution < -0.4 is 4.90 Å². The summed E-state index contributed by atoms with van der Waals surface area (Å²) in [6.07, 6.45) is 3.65. The van der Waals surface area contributed by atoms with E-state index in [0.717, 1.165) is 34.0 Å². The molecule has 0 unspecified atom stereocenters. The Bertz CT molecular complexity index is 1270. The number of amides is 1. The molecule has 4 rings (SSSR count). The monoisotopic (exact) mass is 437 g/mol. The molecule has 0 radical (unpaired) electrons. The third kappa shape index (κ3) is 5.69. The zero-order valence-electron chi connectivity index (χ0n) is 18.9. The largest absolute Gasteiger partial charge is 0.308 e. The van der Waals surface area contributed by atoms with Crippen LogP contribution in [0.5, 0.6) is 0 Å². The van der Waals surface area contributed by atoms with Crippen LogP contribution in [0.15, 0.2) is 85.2 Å².